The van der Waals surface area contributed by atoms with Crippen LogP contribution in [0, 0.1) is 0 Å². The van der Waals surface area contributed by atoms with E-state index < -0.39 is 11.9 Å². The molecule has 184 valence electrons. The largest absolute Gasteiger partial charge is 0.423 e. The monoisotopic (exact) mass is 531 g/mol. The van der Waals surface area contributed by atoms with Gasteiger partial charge in [0.2, 0.25) is 0 Å². The minimum Gasteiger partial charge on any atom is -0.423 e. The van der Waals surface area contributed by atoms with Crippen molar-refractivity contribution in [2.24, 2.45) is 5.10 Å². The Morgan fingerprint density at radius 2 is 1.27 bits per heavy atom. The predicted molar refractivity (Wildman–Crippen MR) is 144 cm³/mol. The lowest BCUT2D eigenvalue weighted by Crippen LogP contribution is -2.18. The number of ether oxygens (including phenoxy) is 1. The second-order valence-corrected chi connectivity index (χ2v) is 8.58. The molecule has 2 N–H and O–H groups in total. The molecule has 0 atom stereocenters. The number of hydrogen-bond donors (Lipinski definition) is 2. The third-order valence-electron chi connectivity index (χ3n) is 5.04. The SMILES string of the molecule is O=C(NN=Cc1cccc(OC(=O)c2ccc(Cl)cc2)c1)c1ccc(NC(=O)c2ccc(Cl)cc2)cc1. The highest BCUT2D eigenvalue weighted by atomic mass is 35.5. The van der Waals surface area contributed by atoms with Crippen molar-refractivity contribution in [3.8, 4) is 5.75 Å². The van der Waals surface area contributed by atoms with Crippen molar-refractivity contribution in [3.05, 3.63) is 129 Å². The molecular weight excluding hydrogens is 513 g/mol. The molecular formula is C28H19Cl2N3O4. The average Bonchev–Trinajstić information content (AvgIpc) is 2.90. The number of carbonyl (C=O) groups is 3. The van der Waals surface area contributed by atoms with E-state index in [-0.39, 0.29) is 5.91 Å². The number of nitrogens with zero attached hydrogens (tertiary/aromatic N) is 1. The number of benzene rings is 4. The normalized spacial score (nSPS) is 10.6. The second kappa shape index (κ2) is 12.0. The van der Waals surface area contributed by atoms with Crippen LogP contribution in [0.3, 0.4) is 0 Å². The molecule has 4 rings (SSSR count). The molecule has 2 amide bonds. The van der Waals surface area contributed by atoms with Crippen LogP contribution in [0.2, 0.25) is 10.0 Å². The van der Waals surface area contributed by atoms with Crippen LogP contribution < -0.4 is 15.5 Å². The molecule has 0 radical (unpaired) electrons. The highest BCUT2D eigenvalue weighted by Crippen LogP contribution is 2.17. The number of hydrazone groups is 1. The van der Waals surface area contributed by atoms with Gasteiger partial charge in [-0.1, -0.05) is 35.3 Å². The van der Waals surface area contributed by atoms with Crippen molar-refractivity contribution in [2.75, 3.05) is 5.32 Å². The lowest BCUT2D eigenvalue weighted by molar-refractivity contribution is 0.0734. The lowest BCUT2D eigenvalue weighted by Gasteiger charge is -2.07. The van der Waals surface area contributed by atoms with Crippen molar-refractivity contribution in [1.29, 1.82) is 0 Å². The van der Waals surface area contributed by atoms with Crippen LogP contribution in [-0.4, -0.2) is 24.0 Å². The number of halogens is 2. The first-order chi connectivity index (χ1) is 17.9. The van der Waals surface area contributed by atoms with Gasteiger partial charge < -0.3 is 10.1 Å². The number of amides is 2. The molecule has 7 nitrogen and oxygen atoms in total. The zero-order chi connectivity index (χ0) is 26.2. The Kier molecular flexibility index (Phi) is 8.30. The molecule has 0 aliphatic rings. The summed E-state index contributed by atoms with van der Waals surface area (Å²) in [4.78, 5) is 37.0. The maximum Gasteiger partial charge on any atom is 0.343 e. The minimum absolute atomic E-state index is 0.292. The van der Waals surface area contributed by atoms with Gasteiger partial charge in [0.1, 0.15) is 5.75 Å². The van der Waals surface area contributed by atoms with E-state index in [2.05, 4.69) is 15.8 Å². The van der Waals surface area contributed by atoms with Gasteiger partial charge in [-0.25, -0.2) is 10.2 Å². The molecule has 4 aromatic rings. The Morgan fingerprint density at radius 1 is 0.703 bits per heavy atom. The quantitative estimate of drug-likeness (QED) is 0.128. The van der Waals surface area contributed by atoms with Crippen LogP contribution in [-0.2, 0) is 0 Å². The van der Waals surface area contributed by atoms with E-state index in [1.165, 1.54) is 6.21 Å². The zero-order valence-electron chi connectivity index (χ0n) is 19.2. The van der Waals surface area contributed by atoms with Crippen molar-refractivity contribution >= 4 is 52.9 Å². The second-order valence-electron chi connectivity index (χ2n) is 7.71. The molecule has 0 heterocycles. The van der Waals surface area contributed by atoms with Gasteiger partial charge in [0, 0.05) is 26.9 Å². The zero-order valence-corrected chi connectivity index (χ0v) is 20.7. The van der Waals surface area contributed by atoms with Gasteiger partial charge in [-0.3, -0.25) is 9.59 Å². The van der Waals surface area contributed by atoms with Gasteiger partial charge in [-0.05, 0) is 90.5 Å². The van der Waals surface area contributed by atoms with E-state index in [1.54, 1.807) is 97.1 Å². The van der Waals surface area contributed by atoms with E-state index in [0.29, 0.717) is 43.7 Å². The van der Waals surface area contributed by atoms with Gasteiger partial charge >= 0.3 is 5.97 Å². The van der Waals surface area contributed by atoms with Gasteiger partial charge in [0.15, 0.2) is 0 Å². The molecule has 0 bridgehead atoms. The summed E-state index contributed by atoms with van der Waals surface area (Å²) in [6.45, 7) is 0. The highest BCUT2D eigenvalue weighted by molar-refractivity contribution is 6.31. The summed E-state index contributed by atoms with van der Waals surface area (Å²) < 4.78 is 5.38. The number of anilines is 1. The number of nitrogens with one attached hydrogen (secondary N) is 2. The van der Waals surface area contributed by atoms with Crippen LogP contribution in [0.5, 0.6) is 5.75 Å². The molecule has 0 saturated carbocycles. The Labute approximate surface area is 222 Å². The maximum atomic E-state index is 12.4. The molecule has 0 aromatic heterocycles. The van der Waals surface area contributed by atoms with E-state index in [0.717, 1.165) is 0 Å². The Hall–Kier alpha value is -4.46. The topological polar surface area (TPSA) is 96.9 Å². The van der Waals surface area contributed by atoms with Crippen LogP contribution in [0.1, 0.15) is 36.6 Å². The Morgan fingerprint density at radius 3 is 1.92 bits per heavy atom. The number of esters is 1. The van der Waals surface area contributed by atoms with Crippen LogP contribution in [0.25, 0.3) is 0 Å². The van der Waals surface area contributed by atoms with Gasteiger partial charge in [0.05, 0.1) is 11.8 Å². The molecule has 0 unspecified atom stereocenters. The van der Waals surface area contributed by atoms with E-state index in [1.807, 2.05) is 0 Å². The summed E-state index contributed by atoms with van der Waals surface area (Å²) in [7, 11) is 0. The minimum atomic E-state index is -0.521. The third kappa shape index (κ3) is 7.27. The number of hydrogen-bond acceptors (Lipinski definition) is 5. The fraction of sp³-hybridized carbons (Fsp3) is 0. The average molecular weight is 532 g/mol. The van der Waals surface area contributed by atoms with Crippen LogP contribution in [0.15, 0.2) is 102 Å². The molecule has 0 aliphatic carbocycles. The first-order valence-corrected chi connectivity index (χ1v) is 11.7. The Bertz CT molecular complexity index is 1450. The number of carbonyl (C=O) groups excluding carboxylic acids is 3. The summed E-state index contributed by atoms with van der Waals surface area (Å²) in [6.07, 6.45) is 1.43. The number of rotatable bonds is 7. The van der Waals surface area contributed by atoms with Crippen molar-refractivity contribution in [1.82, 2.24) is 5.43 Å². The van der Waals surface area contributed by atoms with Crippen molar-refractivity contribution in [3.63, 3.8) is 0 Å². The fourth-order valence-electron chi connectivity index (χ4n) is 3.15. The summed E-state index contributed by atoms with van der Waals surface area (Å²) in [5, 5.41) is 7.78. The fourth-order valence-corrected chi connectivity index (χ4v) is 3.40. The summed E-state index contributed by atoms with van der Waals surface area (Å²) in [6, 6.07) is 25.9. The van der Waals surface area contributed by atoms with Gasteiger partial charge in [-0.15, -0.1) is 0 Å². The van der Waals surface area contributed by atoms with Gasteiger partial charge in [-0.2, -0.15) is 5.10 Å². The third-order valence-corrected chi connectivity index (χ3v) is 5.54. The lowest BCUT2D eigenvalue weighted by atomic mass is 10.1. The smallest absolute Gasteiger partial charge is 0.343 e. The van der Waals surface area contributed by atoms with Gasteiger partial charge in [0.25, 0.3) is 11.8 Å². The first kappa shape index (κ1) is 25.6. The van der Waals surface area contributed by atoms with E-state index >= 15 is 0 Å². The molecule has 4 aromatic carbocycles. The summed E-state index contributed by atoms with van der Waals surface area (Å²) in [5.41, 5.74) is 4.77. The summed E-state index contributed by atoms with van der Waals surface area (Å²) in [5.74, 6) is -0.921. The molecule has 0 aliphatic heterocycles. The van der Waals surface area contributed by atoms with E-state index in [4.69, 9.17) is 27.9 Å². The predicted octanol–water partition coefficient (Wildman–Crippen LogP) is 6.23. The molecule has 9 heteroatoms. The van der Waals surface area contributed by atoms with Crippen molar-refractivity contribution in [2.45, 2.75) is 0 Å². The summed E-state index contributed by atoms with van der Waals surface area (Å²) >= 11 is 11.7. The van der Waals surface area contributed by atoms with E-state index in [9.17, 15) is 14.4 Å². The highest BCUT2D eigenvalue weighted by Gasteiger charge is 2.10. The molecule has 37 heavy (non-hydrogen) atoms. The van der Waals surface area contributed by atoms with Crippen LogP contribution >= 0.6 is 23.2 Å². The first-order valence-electron chi connectivity index (χ1n) is 11.0. The molecule has 0 saturated heterocycles. The standard InChI is InChI=1S/C28H19Cl2N3O4/c29-22-10-4-19(5-11-22)26(34)32-24-14-8-20(9-15-24)27(35)33-31-17-18-2-1-3-25(16-18)37-28(36)21-6-12-23(30)13-7-21/h1-17H,(H,32,34)(H,33,35). The molecule has 0 fully saturated rings. The molecule has 0 spiro atoms. The maximum absolute atomic E-state index is 12.4. The van der Waals surface area contributed by atoms with Crippen LogP contribution in [0.4, 0.5) is 5.69 Å². The van der Waals surface area contributed by atoms with Crippen molar-refractivity contribution < 1.29 is 19.1 Å². The Balaban J connectivity index is 1.31.